The zero-order valence-electron chi connectivity index (χ0n) is 16.9. The van der Waals surface area contributed by atoms with E-state index in [9.17, 15) is 4.79 Å². The first kappa shape index (κ1) is 20.0. The van der Waals surface area contributed by atoms with Gasteiger partial charge < -0.3 is 19.7 Å². The van der Waals surface area contributed by atoms with Gasteiger partial charge in [0, 0.05) is 6.42 Å². The van der Waals surface area contributed by atoms with Gasteiger partial charge in [0.15, 0.2) is 18.0 Å². The number of ether oxygens (including phenoxy) is 2. The van der Waals surface area contributed by atoms with E-state index in [1.165, 1.54) is 37.0 Å². The fourth-order valence-corrected chi connectivity index (χ4v) is 4.04. The van der Waals surface area contributed by atoms with E-state index >= 15 is 0 Å². The average molecular weight is 376 g/mol. The number of rotatable bonds is 5. The smallest absolute Gasteiger partial charge is 0.275 e. The van der Waals surface area contributed by atoms with Gasteiger partial charge in [-0.3, -0.25) is 4.79 Å². The van der Waals surface area contributed by atoms with Gasteiger partial charge >= 0.3 is 0 Å². The van der Waals surface area contributed by atoms with Crippen LogP contribution in [-0.4, -0.2) is 38.8 Å². The topological polar surface area (TPSA) is 52.0 Å². The highest BCUT2D eigenvalue weighted by Gasteiger charge is 2.23. The number of hydrogen-bond donors (Lipinski definition) is 2. The molecule has 5 heteroatoms. The Morgan fingerprint density at radius 1 is 1.00 bits per heavy atom. The maximum atomic E-state index is 12.8. The molecule has 150 valence electrons. The van der Waals surface area contributed by atoms with Gasteiger partial charge in [-0.2, -0.15) is 0 Å². The summed E-state index contributed by atoms with van der Waals surface area (Å²) in [6.45, 7) is 8.47. The number of likely N-dealkylation sites (tertiary alicyclic amines) is 1. The average Bonchev–Trinajstić information content (AvgIpc) is 2.86. The van der Waals surface area contributed by atoms with Crippen LogP contribution in [0.4, 0.5) is 0 Å². The van der Waals surface area contributed by atoms with Crippen molar-refractivity contribution in [2.75, 3.05) is 32.8 Å². The lowest BCUT2D eigenvalue weighted by Crippen LogP contribution is -3.13. The molecule has 0 bridgehead atoms. The van der Waals surface area contributed by atoms with Crippen molar-refractivity contribution in [1.82, 2.24) is 5.32 Å². The third kappa shape index (κ3) is 5.86. The molecule has 1 amide bonds. The summed E-state index contributed by atoms with van der Waals surface area (Å²) in [7, 11) is 0. The lowest BCUT2D eigenvalue weighted by atomic mass is 9.95. The first-order chi connectivity index (χ1) is 13.1. The van der Waals surface area contributed by atoms with E-state index in [1.807, 2.05) is 12.1 Å². The van der Waals surface area contributed by atoms with Crippen molar-refractivity contribution in [1.29, 1.82) is 0 Å². The molecule has 1 fully saturated rings. The second kappa shape index (κ2) is 9.98. The van der Waals surface area contributed by atoms with Crippen molar-refractivity contribution >= 4 is 5.91 Å². The minimum atomic E-state index is -0.0104. The Morgan fingerprint density at radius 3 is 2.37 bits per heavy atom. The monoisotopic (exact) mass is 375 g/mol. The summed E-state index contributed by atoms with van der Waals surface area (Å²) < 4.78 is 11.6. The van der Waals surface area contributed by atoms with Gasteiger partial charge in [0.25, 0.3) is 5.91 Å². The number of benzene rings is 1. The predicted octanol–water partition coefficient (Wildman–Crippen LogP) is 2.51. The first-order valence-electron chi connectivity index (χ1n) is 10.7. The molecule has 2 N–H and O–H groups in total. The molecule has 0 saturated carbocycles. The van der Waals surface area contributed by atoms with Gasteiger partial charge in [0.05, 0.1) is 32.3 Å². The van der Waals surface area contributed by atoms with Crippen LogP contribution in [0, 0.1) is 5.92 Å². The number of hydrogen-bond acceptors (Lipinski definition) is 3. The van der Waals surface area contributed by atoms with Crippen molar-refractivity contribution in [3.8, 4) is 11.5 Å². The van der Waals surface area contributed by atoms with Crippen LogP contribution in [0.15, 0.2) is 18.2 Å². The molecule has 1 aromatic rings. The SMILES string of the molecule is CC(C)[C@@H](NC(=O)C[NH+]1CCCCCCC1)c1ccc2c(c1)OCCCO2. The number of carbonyl (C=O) groups is 1. The Hall–Kier alpha value is -1.75. The summed E-state index contributed by atoms with van der Waals surface area (Å²) in [5.74, 6) is 2.05. The van der Waals surface area contributed by atoms with Gasteiger partial charge in [-0.25, -0.2) is 0 Å². The lowest BCUT2D eigenvalue weighted by molar-refractivity contribution is -0.893. The maximum Gasteiger partial charge on any atom is 0.275 e. The molecule has 0 aromatic heterocycles. The van der Waals surface area contributed by atoms with Crippen LogP contribution in [0.1, 0.15) is 64.0 Å². The lowest BCUT2D eigenvalue weighted by Gasteiger charge is -2.26. The Labute approximate surface area is 163 Å². The van der Waals surface area contributed by atoms with E-state index in [0.717, 1.165) is 36.6 Å². The van der Waals surface area contributed by atoms with Crippen molar-refractivity contribution in [2.24, 2.45) is 5.92 Å². The van der Waals surface area contributed by atoms with Crippen LogP contribution in [0.3, 0.4) is 0 Å². The fraction of sp³-hybridized carbons (Fsp3) is 0.682. The summed E-state index contributed by atoms with van der Waals surface area (Å²) >= 11 is 0. The number of carbonyl (C=O) groups excluding carboxylic acids is 1. The summed E-state index contributed by atoms with van der Waals surface area (Å²) in [4.78, 5) is 14.2. The zero-order valence-corrected chi connectivity index (χ0v) is 16.9. The van der Waals surface area contributed by atoms with Crippen molar-refractivity contribution in [3.63, 3.8) is 0 Å². The van der Waals surface area contributed by atoms with Crippen LogP contribution in [0.5, 0.6) is 11.5 Å². The first-order valence-corrected chi connectivity index (χ1v) is 10.7. The molecule has 2 aliphatic heterocycles. The summed E-state index contributed by atoms with van der Waals surface area (Å²) in [6, 6.07) is 6.06. The summed E-state index contributed by atoms with van der Waals surface area (Å²) in [5, 5.41) is 3.28. The highest BCUT2D eigenvalue weighted by molar-refractivity contribution is 5.77. The summed E-state index contributed by atoms with van der Waals surface area (Å²) in [6.07, 6.45) is 7.32. The molecular weight excluding hydrogens is 340 g/mol. The van der Waals surface area contributed by atoms with Crippen LogP contribution in [0.25, 0.3) is 0 Å². The fourth-order valence-electron chi connectivity index (χ4n) is 4.04. The van der Waals surface area contributed by atoms with Crippen molar-refractivity contribution in [3.05, 3.63) is 23.8 Å². The molecule has 1 atom stereocenters. The van der Waals surface area contributed by atoms with Gasteiger partial charge in [-0.1, -0.05) is 26.3 Å². The Bertz CT molecular complexity index is 610. The van der Waals surface area contributed by atoms with Crippen molar-refractivity contribution in [2.45, 2.75) is 58.4 Å². The maximum absolute atomic E-state index is 12.8. The largest absolute Gasteiger partial charge is 0.490 e. The van der Waals surface area contributed by atoms with Crippen molar-refractivity contribution < 1.29 is 19.2 Å². The van der Waals surface area contributed by atoms with Crippen LogP contribution in [0.2, 0.25) is 0 Å². The molecule has 27 heavy (non-hydrogen) atoms. The van der Waals surface area contributed by atoms with E-state index in [1.54, 1.807) is 0 Å². The normalized spacial score (nSPS) is 19.7. The molecule has 2 aliphatic rings. The van der Waals surface area contributed by atoms with Gasteiger partial charge in [0.1, 0.15) is 0 Å². The number of quaternary nitrogens is 1. The number of fused-ring (bicyclic) bond motifs is 1. The van der Waals surface area contributed by atoms with E-state index in [2.05, 4.69) is 25.2 Å². The zero-order chi connectivity index (χ0) is 19.1. The van der Waals surface area contributed by atoms with E-state index in [0.29, 0.717) is 25.7 Å². The molecule has 5 nitrogen and oxygen atoms in total. The number of amides is 1. The third-order valence-corrected chi connectivity index (χ3v) is 5.59. The third-order valence-electron chi connectivity index (χ3n) is 5.59. The molecule has 1 saturated heterocycles. The van der Waals surface area contributed by atoms with Gasteiger partial charge in [-0.05, 0) is 49.3 Å². The quantitative estimate of drug-likeness (QED) is 0.831. The second-order valence-corrected chi connectivity index (χ2v) is 8.24. The molecule has 3 rings (SSSR count). The highest BCUT2D eigenvalue weighted by Crippen LogP contribution is 2.34. The van der Waals surface area contributed by atoms with E-state index in [-0.39, 0.29) is 11.9 Å². The predicted molar refractivity (Wildman–Crippen MR) is 106 cm³/mol. The molecule has 0 unspecified atom stereocenters. The van der Waals surface area contributed by atoms with Gasteiger partial charge in [0.2, 0.25) is 0 Å². The minimum absolute atomic E-state index is 0.0104. The van der Waals surface area contributed by atoms with Crippen LogP contribution in [-0.2, 0) is 4.79 Å². The van der Waals surface area contributed by atoms with Gasteiger partial charge in [-0.15, -0.1) is 0 Å². The molecular formula is C22H35N2O3+. The van der Waals surface area contributed by atoms with Crippen LogP contribution < -0.4 is 19.7 Å². The molecule has 0 radical (unpaired) electrons. The Morgan fingerprint density at radius 2 is 1.67 bits per heavy atom. The highest BCUT2D eigenvalue weighted by atomic mass is 16.5. The second-order valence-electron chi connectivity index (χ2n) is 8.24. The minimum Gasteiger partial charge on any atom is -0.490 e. The summed E-state index contributed by atoms with van der Waals surface area (Å²) in [5.41, 5.74) is 1.09. The Balaban J connectivity index is 1.64. The molecule has 0 spiro atoms. The van der Waals surface area contributed by atoms with E-state index in [4.69, 9.17) is 9.47 Å². The standard InChI is InChI=1S/C22H34N2O3/c1-17(2)22(18-9-10-19-20(15-18)27-14-8-13-26-19)23-21(25)16-24-11-6-4-3-5-7-12-24/h9-10,15,17,22H,3-8,11-14,16H2,1-2H3,(H,23,25)/p+1/t22-/m1/s1. The van der Waals surface area contributed by atoms with E-state index < -0.39 is 0 Å². The molecule has 0 aliphatic carbocycles. The Kier molecular flexibility index (Phi) is 7.39. The molecule has 2 heterocycles. The molecule has 1 aromatic carbocycles. The number of nitrogens with one attached hydrogen (secondary N) is 2. The van der Waals surface area contributed by atoms with Crippen LogP contribution >= 0.6 is 0 Å².